The van der Waals surface area contributed by atoms with Crippen LogP contribution in [0, 0.1) is 0 Å². The van der Waals surface area contributed by atoms with Gasteiger partial charge in [0.2, 0.25) is 0 Å². The SMILES string of the molecule is C[Si]1(C)c2ccccc2[Si](C)(C)N1Cc1ccccc1. The molecule has 2 aromatic rings. The summed E-state index contributed by atoms with van der Waals surface area (Å²) in [6, 6.07) is 20.1. The van der Waals surface area contributed by atoms with Crippen LogP contribution in [-0.2, 0) is 6.54 Å². The van der Waals surface area contributed by atoms with Crippen LogP contribution in [-0.4, -0.2) is 20.7 Å². The van der Waals surface area contributed by atoms with Gasteiger partial charge in [0, 0.05) is 6.54 Å². The van der Waals surface area contributed by atoms with E-state index in [1.165, 1.54) is 5.56 Å². The minimum atomic E-state index is -1.51. The van der Waals surface area contributed by atoms with Gasteiger partial charge in [0.15, 0.2) is 0 Å². The van der Waals surface area contributed by atoms with Crippen molar-refractivity contribution in [2.24, 2.45) is 0 Å². The first-order chi connectivity index (χ1) is 9.44. The Kier molecular flexibility index (Phi) is 3.23. The highest BCUT2D eigenvalue weighted by molar-refractivity contribution is 7.10. The largest absolute Gasteiger partial charge is 0.335 e. The zero-order valence-electron chi connectivity index (χ0n) is 12.9. The second-order valence-corrected chi connectivity index (χ2v) is 15.6. The minimum Gasteiger partial charge on any atom is -0.335 e. The molecule has 2 aromatic carbocycles. The summed E-state index contributed by atoms with van der Waals surface area (Å²) in [7, 11) is -3.03. The molecule has 3 rings (SSSR count). The Morgan fingerprint density at radius 2 is 1.15 bits per heavy atom. The molecule has 0 N–H and O–H groups in total. The molecule has 0 fully saturated rings. The summed E-state index contributed by atoms with van der Waals surface area (Å²) >= 11 is 0. The summed E-state index contributed by atoms with van der Waals surface area (Å²) in [5, 5.41) is 3.32. The van der Waals surface area contributed by atoms with Gasteiger partial charge in [-0.2, -0.15) is 0 Å². The average Bonchev–Trinajstić information content (AvgIpc) is 2.59. The lowest BCUT2D eigenvalue weighted by Gasteiger charge is -2.39. The first-order valence-corrected chi connectivity index (χ1v) is 13.2. The van der Waals surface area contributed by atoms with E-state index >= 15 is 0 Å². The quantitative estimate of drug-likeness (QED) is 0.770. The van der Waals surface area contributed by atoms with E-state index in [4.69, 9.17) is 0 Å². The van der Waals surface area contributed by atoms with E-state index < -0.39 is 16.5 Å². The molecule has 0 saturated heterocycles. The van der Waals surface area contributed by atoms with Gasteiger partial charge in [0.05, 0.1) is 0 Å². The summed E-state index contributed by atoms with van der Waals surface area (Å²) < 4.78 is 2.89. The fourth-order valence-electron chi connectivity index (χ4n) is 3.70. The van der Waals surface area contributed by atoms with Crippen molar-refractivity contribution in [3.63, 3.8) is 0 Å². The Morgan fingerprint density at radius 3 is 1.65 bits per heavy atom. The molecular formula is C17H23NSi2. The Morgan fingerprint density at radius 1 is 0.700 bits per heavy atom. The van der Waals surface area contributed by atoms with Crippen LogP contribution in [0.1, 0.15) is 5.56 Å². The van der Waals surface area contributed by atoms with E-state index in [1.54, 1.807) is 10.4 Å². The summed E-state index contributed by atoms with van der Waals surface area (Å²) in [6.07, 6.45) is 0. The number of rotatable bonds is 2. The minimum absolute atomic E-state index is 1.11. The lowest BCUT2D eigenvalue weighted by molar-refractivity contribution is 0.629. The molecule has 0 aliphatic carbocycles. The first kappa shape index (κ1) is 13.8. The van der Waals surface area contributed by atoms with Crippen LogP contribution in [0.4, 0.5) is 0 Å². The molecule has 0 amide bonds. The van der Waals surface area contributed by atoms with Crippen molar-refractivity contribution in [2.45, 2.75) is 32.7 Å². The molecule has 1 aliphatic rings. The number of fused-ring (bicyclic) bond motifs is 1. The van der Waals surface area contributed by atoms with Gasteiger partial charge in [-0.05, 0) is 15.9 Å². The molecule has 0 aromatic heterocycles. The number of nitrogens with zero attached hydrogens (tertiary/aromatic N) is 1. The van der Waals surface area contributed by atoms with Crippen molar-refractivity contribution < 1.29 is 0 Å². The molecule has 3 heteroatoms. The Hall–Kier alpha value is -1.17. The van der Waals surface area contributed by atoms with E-state index in [0.29, 0.717) is 0 Å². The molecule has 1 aliphatic heterocycles. The van der Waals surface area contributed by atoms with Crippen LogP contribution >= 0.6 is 0 Å². The van der Waals surface area contributed by atoms with E-state index in [1.807, 2.05) is 0 Å². The summed E-state index contributed by atoms with van der Waals surface area (Å²) in [6.45, 7) is 11.1. The third kappa shape index (κ3) is 2.01. The van der Waals surface area contributed by atoms with Crippen LogP contribution in [0.5, 0.6) is 0 Å². The predicted molar refractivity (Wildman–Crippen MR) is 92.7 cm³/mol. The maximum absolute atomic E-state index is 2.89. The lowest BCUT2D eigenvalue weighted by Crippen LogP contribution is -2.59. The third-order valence-electron chi connectivity index (χ3n) is 4.78. The number of hydrogen-bond acceptors (Lipinski definition) is 1. The highest BCUT2D eigenvalue weighted by Crippen LogP contribution is 2.27. The summed E-state index contributed by atoms with van der Waals surface area (Å²) in [4.78, 5) is 0. The van der Waals surface area contributed by atoms with Crippen LogP contribution in [0.15, 0.2) is 54.6 Å². The van der Waals surface area contributed by atoms with Gasteiger partial charge in [-0.3, -0.25) is 0 Å². The van der Waals surface area contributed by atoms with Crippen LogP contribution in [0.2, 0.25) is 26.2 Å². The molecule has 0 atom stereocenters. The summed E-state index contributed by atoms with van der Waals surface area (Å²) in [5.41, 5.74) is 1.45. The van der Waals surface area contributed by atoms with Crippen molar-refractivity contribution in [1.29, 1.82) is 0 Å². The van der Waals surface area contributed by atoms with Crippen molar-refractivity contribution in [3.05, 3.63) is 60.2 Å². The zero-order valence-corrected chi connectivity index (χ0v) is 14.9. The van der Waals surface area contributed by atoms with Crippen LogP contribution < -0.4 is 10.4 Å². The molecule has 0 radical (unpaired) electrons. The topological polar surface area (TPSA) is 3.24 Å². The maximum atomic E-state index is 2.89. The monoisotopic (exact) mass is 297 g/mol. The number of hydrogen-bond donors (Lipinski definition) is 0. The molecule has 20 heavy (non-hydrogen) atoms. The van der Waals surface area contributed by atoms with Gasteiger partial charge in [-0.15, -0.1) is 0 Å². The Bertz CT molecular complexity index is 585. The molecule has 0 unspecified atom stereocenters. The lowest BCUT2D eigenvalue weighted by atomic mass is 10.2. The molecule has 1 heterocycles. The molecule has 0 saturated carbocycles. The standard InChI is InChI=1S/C17H23NSi2/c1-19(2)16-12-8-9-13-17(16)20(3,4)18(19)14-15-10-6-5-7-11-15/h5-13H,14H2,1-4H3. The summed E-state index contributed by atoms with van der Waals surface area (Å²) in [5.74, 6) is 0. The van der Waals surface area contributed by atoms with Crippen molar-refractivity contribution in [2.75, 3.05) is 0 Å². The van der Waals surface area contributed by atoms with E-state index in [0.717, 1.165) is 6.54 Å². The van der Waals surface area contributed by atoms with Crippen molar-refractivity contribution >= 4 is 26.8 Å². The number of benzene rings is 2. The van der Waals surface area contributed by atoms with Gasteiger partial charge in [0.1, 0.15) is 16.5 Å². The van der Waals surface area contributed by atoms with Crippen molar-refractivity contribution in [1.82, 2.24) is 4.23 Å². The smallest absolute Gasteiger partial charge is 0.148 e. The predicted octanol–water partition coefficient (Wildman–Crippen LogP) is 3.03. The fourth-order valence-corrected chi connectivity index (χ4v) is 16.1. The molecule has 1 nitrogen and oxygen atoms in total. The Labute approximate surface area is 124 Å². The van der Waals surface area contributed by atoms with Crippen LogP contribution in [0.3, 0.4) is 0 Å². The van der Waals surface area contributed by atoms with Gasteiger partial charge in [0.25, 0.3) is 0 Å². The second-order valence-electron chi connectivity index (χ2n) is 6.74. The van der Waals surface area contributed by atoms with Gasteiger partial charge >= 0.3 is 0 Å². The highest BCUT2D eigenvalue weighted by atomic mass is 28.4. The zero-order chi connectivity index (χ0) is 14.4. The molecule has 0 spiro atoms. The normalized spacial score (nSPS) is 19.8. The maximum Gasteiger partial charge on any atom is 0.148 e. The van der Waals surface area contributed by atoms with E-state index in [-0.39, 0.29) is 0 Å². The van der Waals surface area contributed by atoms with E-state index in [2.05, 4.69) is 85.0 Å². The molecular weight excluding hydrogens is 274 g/mol. The van der Waals surface area contributed by atoms with E-state index in [9.17, 15) is 0 Å². The fraction of sp³-hybridized carbons (Fsp3) is 0.294. The highest BCUT2D eigenvalue weighted by Gasteiger charge is 2.51. The first-order valence-electron chi connectivity index (χ1n) is 7.36. The molecule has 104 valence electrons. The Balaban J connectivity index is 2.04. The van der Waals surface area contributed by atoms with Gasteiger partial charge in [-0.25, -0.2) is 0 Å². The van der Waals surface area contributed by atoms with Crippen molar-refractivity contribution in [3.8, 4) is 0 Å². The molecule has 0 bridgehead atoms. The van der Waals surface area contributed by atoms with Gasteiger partial charge in [-0.1, -0.05) is 80.8 Å². The van der Waals surface area contributed by atoms with Gasteiger partial charge < -0.3 is 4.23 Å². The van der Waals surface area contributed by atoms with Crippen LogP contribution in [0.25, 0.3) is 0 Å². The second kappa shape index (κ2) is 4.69. The average molecular weight is 298 g/mol. The third-order valence-corrected chi connectivity index (χ3v) is 14.9.